The molecule has 4 rings (SSSR count). The Hall–Kier alpha value is -2.88. The lowest BCUT2D eigenvalue weighted by Gasteiger charge is -2.22. The molecule has 28 heavy (non-hydrogen) atoms. The molecule has 2 aliphatic rings. The molecule has 144 valence electrons. The van der Waals surface area contributed by atoms with E-state index in [-0.39, 0.29) is 11.8 Å². The van der Waals surface area contributed by atoms with Crippen molar-refractivity contribution in [1.29, 1.82) is 0 Å². The van der Waals surface area contributed by atoms with Gasteiger partial charge >= 0.3 is 0 Å². The third-order valence-electron chi connectivity index (χ3n) is 5.69. The molecule has 0 radical (unpaired) electrons. The largest absolute Gasteiger partial charge is 0.336 e. The van der Waals surface area contributed by atoms with Crippen LogP contribution in [0.25, 0.3) is 5.57 Å². The van der Waals surface area contributed by atoms with Crippen molar-refractivity contribution >= 4 is 23.1 Å². The van der Waals surface area contributed by atoms with Crippen LogP contribution >= 0.6 is 0 Å². The van der Waals surface area contributed by atoms with Gasteiger partial charge in [0.15, 0.2) is 0 Å². The van der Waals surface area contributed by atoms with Crippen molar-refractivity contribution in [2.75, 3.05) is 18.0 Å². The third kappa shape index (κ3) is 2.93. The van der Waals surface area contributed by atoms with Gasteiger partial charge in [0.25, 0.3) is 11.8 Å². The first-order chi connectivity index (χ1) is 13.5. The first kappa shape index (κ1) is 18.5. The van der Waals surface area contributed by atoms with Gasteiger partial charge in [-0.25, -0.2) is 0 Å². The number of amides is 2. The molecule has 0 bridgehead atoms. The Morgan fingerprint density at radius 3 is 2.54 bits per heavy atom. The fraction of sp³-hybridized carbons (Fsp3) is 0.333. The van der Waals surface area contributed by atoms with Crippen LogP contribution in [0.3, 0.4) is 0 Å². The van der Waals surface area contributed by atoms with Crippen LogP contribution in [-0.4, -0.2) is 29.8 Å². The molecule has 2 aromatic carbocycles. The number of hydrogen-bond donors (Lipinski definition) is 0. The van der Waals surface area contributed by atoms with E-state index in [2.05, 4.69) is 24.0 Å². The second kappa shape index (κ2) is 7.27. The van der Waals surface area contributed by atoms with E-state index in [1.54, 1.807) is 0 Å². The van der Waals surface area contributed by atoms with E-state index in [0.29, 0.717) is 17.8 Å². The highest BCUT2D eigenvalue weighted by atomic mass is 16.2. The van der Waals surface area contributed by atoms with E-state index in [4.69, 9.17) is 0 Å². The second-order valence-electron chi connectivity index (χ2n) is 7.69. The summed E-state index contributed by atoms with van der Waals surface area (Å²) in [6, 6.07) is 14.2. The minimum atomic E-state index is -0.162. The molecule has 2 aromatic rings. The summed E-state index contributed by atoms with van der Waals surface area (Å²) in [5, 5.41) is 0. The van der Waals surface area contributed by atoms with Gasteiger partial charge in [0.1, 0.15) is 5.70 Å². The number of benzene rings is 2. The molecule has 4 heteroatoms. The summed E-state index contributed by atoms with van der Waals surface area (Å²) in [7, 11) is 0. The summed E-state index contributed by atoms with van der Waals surface area (Å²) in [4.78, 5) is 30.2. The van der Waals surface area contributed by atoms with Crippen molar-refractivity contribution < 1.29 is 9.59 Å². The zero-order chi connectivity index (χ0) is 19.8. The van der Waals surface area contributed by atoms with Gasteiger partial charge < -0.3 is 4.90 Å². The Morgan fingerprint density at radius 2 is 1.79 bits per heavy atom. The standard InChI is InChI=1S/C24H26N2O2/c1-4-5-13-26-23(27)21(19-11-10-16(2)15-17(19)3)22(24(26)28)25-14-12-18-8-6-7-9-20(18)25/h6-11,15H,4-5,12-14H2,1-3H3. The predicted octanol–water partition coefficient (Wildman–Crippen LogP) is 4.25. The third-order valence-corrected chi connectivity index (χ3v) is 5.69. The summed E-state index contributed by atoms with van der Waals surface area (Å²) in [5.41, 5.74) is 6.39. The highest BCUT2D eigenvalue weighted by Gasteiger charge is 2.43. The van der Waals surface area contributed by atoms with Crippen molar-refractivity contribution in [2.45, 2.75) is 40.0 Å². The van der Waals surface area contributed by atoms with Gasteiger partial charge in [-0.3, -0.25) is 14.5 Å². The Bertz CT molecular complexity index is 990. The van der Waals surface area contributed by atoms with E-state index in [9.17, 15) is 9.59 Å². The summed E-state index contributed by atoms with van der Waals surface area (Å²) in [5.74, 6) is -0.324. The van der Waals surface area contributed by atoms with Crippen molar-refractivity contribution in [1.82, 2.24) is 4.90 Å². The number of aryl methyl sites for hydroxylation is 2. The van der Waals surface area contributed by atoms with Gasteiger partial charge in [-0.1, -0.05) is 55.3 Å². The Morgan fingerprint density at radius 1 is 1.00 bits per heavy atom. The summed E-state index contributed by atoms with van der Waals surface area (Å²) >= 11 is 0. The zero-order valence-corrected chi connectivity index (χ0v) is 16.8. The average molecular weight is 374 g/mol. The number of carbonyl (C=O) groups excluding carboxylic acids is 2. The molecule has 0 N–H and O–H groups in total. The number of hydrogen-bond acceptors (Lipinski definition) is 3. The summed E-state index contributed by atoms with van der Waals surface area (Å²) in [6.45, 7) is 7.32. The fourth-order valence-corrected chi connectivity index (χ4v) is 4.24. The number of anilines is 1. The highest BCUT2D eigenvalue weighted by Crippen LogP contribution is 2.39. The first-order valence-corrected chi connectivity index (χ1v) is 10.1. The maximum Gasteiger partial charge on any atom is 0.278 e. The number of rotatable bonds is 5. The van der Waals surface area contributed by atoms with Crippen LogP contribution in [0.4, 0.5) is 5.69 Å². The molecule has 0 aliphatic carbocycles. The molecular formula is C24H26N2O2. The Kier molecular flexibility index (Phi) is 4.80. The lowest BCUT2D eigenvalue weighted by atomic mass is 9.97. The van der Waals surface area contributed by atoms with Gasteiger partial charge in [-0.05, 0) is 49.4 Å². The summed E-state index contributed by atoms with van der Waals surface area (Å²) in [6.07, 6.45) is 2.65. The van der Waals surface area contributed by atoms with Crippen LogP contribution in [0.2, 0.25) is 0 Å². The first-order valence-electron chi connectivity index (χ1n) is 10.1. The molecule has 2 amide bonds. The maximum absolute atomic E-state index is 13.4. The van der Waals surface area contributed by atoms with E-state index in [0.717, 1.165) is 48.2 Å². The van der Waals surface area contributed by atoms with Crippen LogP contribution in [-0.2, 0) is 16.0 Å². The monoisotopic (exact) mass is 374 g/mol. The van der Waals surface area contributed by atoms with Crippen LogP contribution in [0.1, 0.15) is 42.0 Å². The molecule has 0 spiro atoms. The SMILES string of the molecule is CCCCN1C(=O)C(c2ccc(C)cc2C)=C(N2CCc3ccccc32)C1=O. The van der Waals surface area contributed by atoms with Crippen LogP contribution in [0, 0.1) is 13.8 Å². The highest BCUT2D eigenvalue weighted by molar-refractivity contribution is 6.37. The van der Waals surface area contributed by atoms with Gasteiger partial charge in [-0.15, -0.1) is 0 Å². The maximum atomic E-state index is 13.4. The van der Waals surface area contributed by atoms with Crippen molar-refractivity contribution in [3.63, 3.8) is 0 Å². The van der Waals surface area contributed by atoms with Crippen molar-refractivity contribution in [2.24, 2.45) is 0 Å². The lowest BCUT2D eigenvalue weighted by molar-refractivity contribution is -0.136. The van der Waals surface area contributed by atoms with Gasteiger partial charge in [0.2, 0.25) is 0 Å². The normalized spacial score (nSPS) is 16.4. The van der Waals surface area contributed by atoms with E-state index in [1.165, 1.54) is 10.5 Å². The van der Waals surface area contributed by atoms with Gasteiger partial charge in [0.05, 0.1) is 5.57 Å². The number of nitrogens with zero attached hydrogens (tertiary/aromatic N) is 2. The number of para-hydroxylation sites is 1. The van der Waals surface area contributed by atoms with E-state index in [1.807, 2.05) is 44.2 Å². The zero-order valence-electron chi connectivity index (χ0n) is 16.8. The molecule has 0 saturated carbocycles. The molecule has 0 fully saturated rings. The van der Waals surface area contributed by atoms with Crippen molar-refractivity contribution in [3.8, 4) is 0 Å². The summed E-state index contributed by atoms with van der Waals surface area (Å²) < 4.78 is 0. The smallest absolute Gasteiger partial charge is 0.278 e. The number of carbonyl (C=O) groups is 2. The van der Waals surface area contributed by atoms with E-state index < -0.39 is 0 Å². The minimum Gasteiger partial charge on any atom is -0.336 e. The fourth-order valence-electron chi connectivity index (χ4n) is 4.24. The molecular weight excluding hydrogens is 348 g/mol. The topological polar surface area (TPSA) is 40.6 Å². The molecule has 0 atom stereocenters. The molecule has 0 saturated heterocycles. The van der Waals surface area contributed by atoms with Gasteiger partial charge in [-0.2, -0.15) is 0 Å². The lowest BCUT2D eigenvalue weighted by Crippen LogP contribution is -2.35. The number of imide groups is 1. The molecule has 0 aromatic heterocycles. The molecule has 4 nitrogen and oxygen atoms in total. The van der Waals surface area contributed by atoms with Crippen molar-refractivity contribution in [3.05, 3.63) is 70.4 Å². The molecule has 0 unspecified atom stereocenters. The van der Waals surface area contributed by atoms with Crippen LogP contribution < -0.4 is 4.90 Å². The quantitative estimate of drug-likeness (QED) is 0.735. The Balaban J connectivity index is 1.87. The molecule has 2 aliphatic heterocycles. The van der Waals surface area contributed by atoms with Crippen LogP contribution in [0.15, 0.2) is 48.2 Å². The van der Waals surface area contributed by atoms with Crippen LogP contribution in [0.5, 0.6) is 0 Å². The molecule has 2 heterocycles. The number of fused-ring (bicyclic) bond motifs is 1. The van der Waals surface area contributed by atoms with Gasteiger partial charge in [0, 0.05) is 18.8 Å². The van der Waals surface area contributed by atoms with E-state index >= 15 is 0 Å². The predicted molar refractivity (Wildman–Crippen MR) is 112 cm³/mol. The average Bonchev–Trinajstić information content (AvgIpc) is 3.19. The number of unbranched alkanes of at least 4 members (excludes halogenated alkanes) is 1. The minimum absolute atomic E-state index is 0.162. The Labute approximate surface area is 166 Å². The second-order valence-corrected chi connectivity index (χ2v) is 7.69.